The third kappa shape index (κ3) is 4.82. The van der Waals surface area contributed by atoms with E-state index < -0.39 is 6.04 Å². The van der Waals surface area contributed by atoms with Gasteiger partial charge < -0.3 is 10.6 Å². The third-order valence-corrected chi connectivity index (χ3v) is 4.05. The van der Waals surface area contributed by atoms with Gasteiger partial charge in [-0.05, 0) is 24.6 Å². The second-order valence-electron chi connectivity index (χ2n) is 4.85. The van der Waals surface area contributed by atoms with Crippen molar-refractivity contribution in [1.82, 2.24) is 10.3 Å². The lowest BCUT2D eigenvalue weighted by atomic mass is 10.1. The van der Waals surface area contributed by atoms with Crippen LogP contribution in [-0.4, -0.2) is 22.8 Å². The van der Waals surface area contributed by atoms with Crippen LogP contribution in [0.2, 0.25) is 5.02 Å². The lowest BCUT2D eigenvalue weighted by Crippen LogP contribution is -2.40. The van der Waals surface area contributed by atoms with Crippen LogP contribution in [0.5, 0.6) is 0 Å². The topological polar surface area (TPSA) is 71.1 Å². The van der Waals surface area contributed by atoms with Crippen LogP contribution in [0, 0.1) is 0 Å². The molecule has 0 spiro atoms. The fourth-order valence-corrected chi connectivity index (χ4v) is 2.81. The molecule has 2 aromatic rings. The Kier molecular flexibility index (Phi) is 5.51. The van der Waals surface area contributed by atoms with E-state index in [2.05, 4.69) is 15.6 Å². The third-order valence-electron chi connectivity index (χ3n) is 2.89. The number of carbonyl (C=O) groups is 2. The van der Waals surface area contributed by atoms with E-state index in [0.717, 1.165) is 16.9 Å². The summed E-state index contributed by atoms with van der Waals surface area (Å²) in [5.74, 6) is -0.534. The number of hydrogen-bond donors (Lipinski definition) is 2. The molecule has 116 valence electrons. The minimum atomic E-state index is -0.596. The zero-order valence-electron chi connectivity index (χ0n) is 12.2. The van der Waals surface area contributed by atoms with E-state index in [9.17, 15) is 9.59 Å². The SMILES string of the molecule is CC(=O)NC(C)C(=O)Nc1ncc(Cc2ccc(Cl)cc2)s1. The largest absolute Gasteiger partial charge is 0.345 e. The van der Waals surface area contributed by atoms with Crippen LogP contribution in [0.1, 0.15) is 24.3 Å². The van der Waals surface area contributed by atoms with Gasteiger partial charge in [-0.2, -0.15) is 0 Å². The Labute approximate surface area is 137 Å². The monoisotopic (exact) mass is 337 g/mol. The number of rotatable bonds is 5. The van der Waals surface area contributed by atoms with Crippen molar-refractivity contribution < 1.29 is 9.59 Å². The molecule has 0 aliphatic rings. The maximum absolute atomic E-state index is 11.9. The number of nitrogens with zero attached hydrogens (tertiary/aromatic N) is 1. The first-order valence-corrected chi connectivity index (χ1v) is 7.90. The summed E-state index contributed by atoms with van der Waals surface area (Å²) >= 11 is 7.26. The van der Waals surface area contributed by atoms with Crippen LogP contribution >= 0.6 is 22.9 Å². The van der Waals surface area contributed by atoms with Crippen molar-refractivity contribution in [3.8, 4) is 0 Å². The number of thiazole rings is 1. The first-order valence-electron chi connectivity index (χ1n) is 6.71. The summed E-state index contributed by atoms with van der Waals surface area (Å²) in [5.41, 5.74) is 1.12. The number of benzene rings is 1. The van der Waals surface area contributed by atoms with E-state index in [-0.39, 0.29) is 11.8 Å². The summed E-state index contributed by atoms with van der Waals surface area (Å²) in [7, 11) is 0. The van der Waals surface area contributed by atoms with Crippen molar-refractivity contribution in [2.24, 2.45) is 0 Å². The highest BCUT2D eigenvalue weighted by Gasteiger charge is 2.15. The molecule has 1 aromatic carbocycles. The van der Waals surface area contributed by atoms with Crippen molar-refractivity contribution in [3.05, 3.63) is 45.9 Å². The number of nitrogens with one attached hydrogen (secondary N) is 2. The van der Waals surface area contributed by atoms with E-state index in [1.807, 2.05) is 24.3 Å². The second-order valence-corrected chi connectivity index (χ2v) is 6.40. The standard InChI is InChI=1S/C15H16ClN3O2S/c1-9(18-10(2)20)14(21)19-15-17-8-13(22-15)7-11-3-5-12(16)6-4-11/h3-6,8-9H,7H2,1-2H3,(H,18,20)(H,17,19,21). The highest BCUT2D eigenvalue weighted by molar-refractivity contribution is 7.15. The van der Waals surface area contributed by atoms with Gasteiger partial charge in [0.05, 0.1) is 0 Å². The van der Waals surface area contributed by atoms with Crippen LogP contribution in [0.25, 0.3) is 0 Å². The maximum atomic E-state index is 11.9. The van der Waals surface area contributed by atoms with Gasteiger partial charge in [0, 0.05) is 29.4 Å². The summed E-state index contributed by atoms with van der Waals surface area (Å²) in [6, 6.07) is 7.00. The Balaban J connectivity index is 1.95. The highest BCUT2D eigenvalue weighted by Crippen LogP contribution is 2.22. The van der Waals surface area contributed by atoms with Gasteiger partial charge in [-0.15, -0.1) is 11.3 Å². The Morgan fingerprint density at radius 1 is 1.32 bits per heavy atom. The molecule has 2 N–H and O–H groups in total. The van der Waals surface area contributed by atoms with Crippen LogP contribution < -0.4 is 10.6 Å². The van der Waals surface area contributed by atoms with Crippen molar-refractivity contribution in [2.45, 2.75) is 26.3 Å². The lowest BCUT2D eigenvalue weighted by molar-refractivity contribution is -0.124. The molecule has 1 heterocycles. The van der Waals surface area contributed by atoms with E-state index in [1.165, 1.54) is 18.3 Å². The molecule has 1 aromatic heterocycles. The summed E-state index contributed by atoms with van der Waals surface area (Å²) in [6.07, 6.45) is 2.46. The Hall–Kier alpha value is -1.92. The average molecular weight is 338 g/mol. The van der Waals surface area contributed by atoms with Gasteiger partial charge in [0.2, 0.25) is 11.8 Å². The quantitative estimate of drug-likeness (QED) is 0.881. The molecule has 0 saturated carbocycles. The van der Waals surface area contributed by atoms with Crippen LogP contribution in [0.3, 0.4) is 0 Å². The minimum absolute atomic E-state index is 0.245. The van der Waals surface area contributed by atoms with Crippen LogP contribution in [0.4, 0.5) is 5.13 Å². The Morgan fingerprint density at radius 2 is 2.00 bits per heavy atom. The number of halogens is 1. The van der Waals surface area contributed by atoms with Crippen LogP contribution in [0.15, 0.2) is 30.5 Å². The normalized spacial score (nSPS) is 11.8. The molecule has 0 aliphatic carbocycles. The summed E-state index contributed by atoms with van der Waals surface area (Å²) in [5, 5.41) is 6.44. The van der Waals surface area contributed by atoms with E-state index >= 15 is 0 Å². The molecule has 1 atom stereocenters. The summed E-state index contributed by atoms with van der Waals surface area (Å²) < 4.78 is 0. The molecule has 0 saturated heterocycles. The number of anilines is 1. The molecule has 2 rings (SSSR count). The molecule has 7 heteroatoms. The number of aromatic nitrogens is 1. The molecule has 1 unspecified atom stereocenters. The van der Waals surface area contributed by atoms with Gasteiger partial charge in [0.25, 0.3) is 0 Å². The van der Waals surface area contributed by atoms with E-state index in [4.69, 9.17) is 11.6 Å². The van der Waals surface area contributed by atoms with Crippen molar-refractivity contribution in [1.29, 1.82) is 0 Å². The van der Waals surface area contributed by atoms with Gasteiger partial charge in [-0.25, -0.2) is 4.98 Å². The van der Waals surface area contributed by atoms with Gasteiger partial charge in [0.1, 0.15) is 6.04 Å². The smallest absolute Gasteiger partial charge is 0.248 e. The van der Waals surface area contributed by atoms with Crippen LogP contribution in [-0.2, 0) is 16.0 Å². The van der Waals surface area contributed by atoms with E-state index in [0.29, 0.717) is 10.2 Å². The van der Waals surface area contributed by atoms with Crippen molar-refractivity contribution >= 4 is 39.9 Å². The minimum Gasteiger partial charge on any atom is -0.345 e. The zero-order valence-corrected chi connectivity index (χ0v) is 13.8. The van der Waals surface area contributed by atoms with Gasteiger partial charge in [-0.1, -0.05) is 23.7 Å². The zero-order chi connectivity index (χ0) is 16.1. The summed E-state index contributed by atoms with van der Waals surface area (Å²) in [4.78, 5) is 28.0. The Bertz CT molecular complexity index is 670. The molecule has 22 heavy (non-hydrogen) atoms. The number of amides is 2. The van der Waals surface area contributed by atoms with Gasteiger partial charge >= 0.3 is 0 Å². The molecule has 0 fully saturated rings. The number of hydrogen-bond acceptors (Lipinski definition) is 4. The van der Waals surface area contributed by atoms with E-state index in [1.54, 1.807) is 13.1 Å². The van der Waals surface area contributed by atoms with Gasteiger partial charge in [-0.3, -0.25) is 9.59 Å². The predicted molar refractivity (Wildman–Crippen MR) is 88.3 cm³/mol. The predicted octanol–water partition coefficient (Wildman–Crippen LogP) is 2.85. The highest BCUT2D eigenvalue weighted by atomic mass is 35.5. The maximum Gasteiger partial charge on any atom is 0.248 e. The first-order chi connectivity index (χ1) is 10.4. The molecular formula is C15H16ClN3O2S. The first kappa shape index (κ1) is 16.5. The molecule has 0 aliphatic heterocycles. The average Bonchev–Trinajstić information content (AvgIpc) is 2.88. The molecule has 2 amide bonds. The summed E-state index contributed by atoms with van der Waals surface area (Å²) in [6.45, 7) is 3.00. The van der Waals surface area contributed by atoms with Crippen molar-refractivity contribution in [2.75, 3.05) is 5.32 Å². The van der Waals surface area contributed by atoms with Crippen molar-refractivity contribution in [3.63, 3.8) is 0 Å². The lowest BCUT2D eigenvalue weighted by Gasteiger charge is -2.10. The fraction of sp³-hybridized carbons (Fsp3) is 0.267. The molecule has 5 nitrogen and oxygen atoms in total. The fourth-order valence-electron chi connectivity index (χ4n) is 1.83. The van der Waals surface area contributed by atoms with Gasteiger partial charge in [0.15, 0.2) is 5.13 Å². The number of carbonyl (C=O) groups excluding carboxylic acids is 2. The Morgan fingerprint density at radius 3 is 2.64 bits per heavy atom. The molecular weight excluding hydrogens is 322 g/mol. The second kappa shape index (κ2) is 7.38. The molecule has 0 bridgehead atoms. The molecule has 0 radical (unpaired) electrons.